The molecule has 0 aromatic heterocycles. The number of nitrogens with zero attached hydrogens (tertiary/aromatic N) is 1. The largest absolute Gasteiger partial charge is 0.249 e. The van der Waals surface area contributed by atoms with E-state index in [1.165, 1.54) is 0 Å². The topological polar surface area (TPSA) is 23.8 Å². The Morgan fingerprint density at radius 1 is 1.55 bits per heavy atom. The van der Waals surface area contributed by atoms with Crippen molar-refractivity contribution in [2.24, 2.45) is 5.92 Å². The van der Waals surface area contributed by atoms with E-state index in [2.05, 4.69) is 0 Å². The summed E-state index contributed by atoms with van der Waals surface area (Å²) in [4.78, 5) is 0. The zero-order valence-corrected chi connectivity index (χ0v) is 6.90. The van der Waals surface area contributed by atoms with Gasteiger partial charge < -0.3 is 0 Å². The predicted molar refractivity (Wildman–Crippen MR) is 39.2 cm³/mol. The van der Waals surface area contributed by atoms with Crippen molar-refractivity contribution in [3.05, 3.63) is 0 Å². The van der Waals surface area contributed by atoms with Gasteiger partial charge in [0.25, 0.3) is 0 Å². The molecule has 64 valence electrons. The highest BCUT2D eigenvalue weighted by Crippen LogP contribution is 2.29. The van der Waals surface area contributed by atoms with E-state index in [1.807, 2.05) is 6.92 Å². The molecule has 0 saturated heterocycles. The first-order valence-electron chi connectivity index (χ1n) is 3.77. The highest BCUT2D eigenvalue weighted by Gasteiger charge is 2.32. The van der Waals surface area contributed by atoms with Gasteiger partial charge in [-0.1, -0.05) is 13.3 Å². The molecular formula is C8H13F2N. The fourth-order valence-corrected chi connectivity index (χ4v) is 0.993. The summed E-state index contributed by atoms with van der Waals surface area (Å²) in [6.07, 6.45) is 1.09. The van der Waals surface area contributed by atoms with Crippen molar-refractivity contribution < 1.29 is 8.78 Å². The van der Waals surface area contributed by atoms with Crippen LogP contribution in [0.4, 0.5) is 8.78 Å². The molecule has 0 amide bonds. The van der Waals surface area contributed by atoms with Gasteiger partial charge in [-0.05, 0) is 13.3 Å². The van der Waals surface area contributed by atoms with Crippen LogP contribution in [0.1, 0.15) is 33.1 Å². The van der Waals surface area contributed by atoms with Crippen LogP contribution in [0.5, 0.6) is 0 Å². The second kappa shape index (κ2) is 4.27. The summed E-state index contributed by atoms with van der Waals surface area (Å²) in [5.41, 5.74) is 0. The second-order valence-corrected chi connectivity index (χ2v) is 2.80. The molecule has 3 heteroatoms. The Morgan fingerprint density at radius 2 is 2.09 bits per heavy atom. The zero-order chi connectivity index (χ0) is 8.91. The molecule has 0 spiro atoms. The molecule has 0 aliphatic heterocycles. The van der Waals surface area contributed by atoms with Crippen LogP contribution >= 0.6 is 0 Å². The molecule has 0 rings (SSSR count). The minimum absolute atomic E-state index is 0.0443. The van der Waals surface area contributed by atoms with Crippen LogP contribution in [0.2, 0.25) is 0 Å². The first kappa shape index (κ1) is 10.3. The van der Waals surface area contributed by atoms with Crippen LogP contribution in [0.25, 0.3) is 0 Å². The molecular weight excluding hydrogens is 148 g/mol. The van der Waals surface area contributed by atoms with Gasteiger partial charge in [0.15, 0.2) is 0 Å². The van der Waals surface area contributed by atoms with Gasteiger partial charge in [-0.15, -0.1) is 0 Å². The maximum Gasteiger partial charge on any atom is 0.249 e. The summed E-state index contributed by atoms with van der Waals surface area (Å²) in [5.74, 6) is -3.47. The minimum Gasteiger partial charge on any atom is -0.207 e. The molecule has 0 heterocycles. The van der Waals surface area contributed by atoms with Crippen LogP contribution < -0.4 is 0 Å². The molecule has 0 fully saturated rings. The quantitative estimate of drug-likeness (QED) is 0.621. The average molecular weight is 161 g/mol. The van der Waals surface area contributed by atoms with Gasteiger partial charge in [-0.2, -0.15) is 5.26 Å². The summed E-state index contributed by atoms with van der Waals surface area (Å²) in [6, 6.07) is 1.78. The van der Waals surface area contributed by atoms with Crippen LogP contribution in [0.3, 0.4) is 0 Å². The molecule has 1 atom stereocenters. The number of alkyl halides is 2. The minimum atomic E-state index is -2.70. The third kappa shape index (κ3) is 3.92. The summed E-state index contributed by atoms with van der Waals surface area (Å²) in [6.45, 7) is 2.72. The molecule has 0 aliphatic carbocycles. The Hall–Kier alpha value is -0.650. The maximum atomic E-state index is 12.6. The average Bonchev–Trinajstić information content (AvgIpc) is 1.85. The third-order valence-corrected chi connectivity index (χ3v) is 1.69. The molecule has 0 saturated carbocycles. The van der Waals surface area contributed by atoms with E-state index in [-0.39, 0.29) is 6.42 Å². The van der Waals surface area contributed by atoms with Gasteiger partial charge in [0.2, 0.25) is 5.92 Å². The molecule has 0 aliphatic rings. The van der Waals surface area contributed by atoms with Crippen molar-refractivity contribution in [2.75, 3.05) is 0 Å². The van der Waals surface area contributed by atoms with E-state index >= 15 is 0 Å². The first-order chi connectivity index (χ1) is 5.02. The fraction of sp³-hybridized carbons (Fsp3) is 0.875. The molecule has 11 heavy (non-hydrogen) atoms. The van der Waals surface area contributed by atoms with E-state index in [9.17, 15) is 8.78 Å². The third-order valence-electron chi connectivity index (χ3n) is 1.69. The standard InChI is InChI=1S/C8H13F2N/c1-3-4-7(5-6-11)8(2,9)10/h7H,3-5H2,1-2H3. The van der Waals surface area contributed by atoms with Crippen LogP contribution in [-0.2, 0) is 0 Å². The monoisotopic (exact) mass is 161 g/mol. The molecule has 1 unspecified atom stereocenters. The number of hydrogen-bond acceptors (Lipinski definition) is 1. The molecule has 0 radical (unpaired) electrons. The van der Waals surface area contributed by atoms with Crippen LogP contribution in [0, 0.1) is 17.2 Å². The number of nitriles is 1. The molecule has 0 aromatic carbocycles. The van der Waals surface area contributed by atoms with Gasteiger partial charge in [-0.3, -0.25) is 0 Å². The van der Waals surface area contributed by atoms with E-state index < -0.39 is 11.8 Å². The van der Waals surface area contributed by atoms with E-state index in [1.54, 1.807) is 6.07 Å². The van der Waals surface area contributed by atoms with Crippen molar-refractivity contribution >= 4 is 0 Å². The van der Waals surface area contributed by atoms with E-state index in [0.717, 1.165) is 6.92 Å². The fourth-order valence-electron chi connectivity index (χ4n) is 0.993. The van der Waals surface area contributed by atoms with Gasteiger partial charge in [0, 0.05) is 12.3 Å². The molecule has 0 bridgehead atoms. The van der Waals surface area contributed by atoms with Gasteiger partial charge >= 0.3 is 0 Å². The second-order valence-electron chi connectivity index (χ2n) is 2.80. The Labute approximate surface area is 66.0 Å². The number of rotatable bonds is 4. The normalized spacial score (nSPS) is 14.1. The lowest BCUT2D eigenvalue weighted by molar-refractivity contribution is -0.0411. The Bertz CT molecular complexity index is 143. The van der Waals surface area contributed by atoms with Crippen molar-refractivity contribution in [2.45, 2.75) is 39.0 Å². The van der Waals surface area contributed by atoms with Crippen molar-refractivity contribution in [3.8, 4) is 6.07 Å². The molecule has 0 N–H and O–H groups in total. The first-order valence-corrected chi connectivity index (χ1v) is 3.77. The lowest BCUT2D eigenvalue weighted by atomic mass is 9.94. The maximum absolute atomic E-state index is 12.6. The SMILES string of the molecule is CCCC(CC#N)C(C)(F)F. The van der Waals surface area contributed by atoms with Crippen LogP contribution in [-0.4, -0.2) is 5.92 Å². The highest BCUT2D eigenvalue weighted by molar-refractivity contribution is 4.82. The van der Waals surface area contributed by atoms with Crippen LogP contribution in [0.15, 0.2) is 0 Å². The van der Waals surface area contributed by atoms with E-state index in [0.29, 0.717) is 12.8 Å². The van der Waals surface area contributed by atoms with Crippen molar-refractivity contribution in [3.63, 3.8) is 0 Å². The summed E-state index contributed by atoms with van der Waals surface area (Å²) >= 11 is 0. The van der Waals surface area contributed by atoms with E-state index in [4.69, 9.17) is 5.26 Å². The van der Waals surface area contributed by atoms with Crippen molar-refractivity contribution in [1.29, 1.82) is 5.26 Å². The van der Waals surface area contributed by atoms with Gasteiger partial charge in [0.05, 0.1) is 6.07 Å². The molecule has 0 aromatic rings. The number of hydrogen-bond donors (Lipinski definition) is 0. The number of halogens is 2. The lowest BCUT2D eigenvalue weighted by Gasteiger charge is -2.19. The zero-order valence-electron chi connectivity index (χ0n) is 6.90. The highest BCUT2D eigenvalue weighted by atomic mass is 19.3. The Morgan fingerprint density at radius 3 is 2.36 bits per heavy atom. The smallest absolute Gasteiger partial charge is 0.207 e. The summed E-state index contributed by atoms with van der Waals surface area (Å²) < 4.78 is 25.2. The summed E-state index contributed by atoms with van der Waals surface area (Å²) in [5, 5.41) is 8.24. The van der Waals surface area contributed by atoms with Crippen molar-refractivity contribution in [1.82, 2.24) is 0 Å². The Balaban J connectivity index is 4.01. The van der Waals surface area contributed by atoms with Gasteiger partial charge in [-0.25, -0.2) is 8.78 Å². The predicted octanol–water partition coefficient (Wildman–Crippen LogP) is 2.97. The lowest BCUT2D eigenvalue weighted by Crippen LogP contribution is -2.23. The molecule has 1 nitrogen and oxygen atoms in total. The summed E-state index contributed by atoms with van der Waals surface area (Å²) in [7, 11) is 0. The Kier molecular flexibility index (Phi) is 4.02. The van der Waals surface area contributed by atoms with Gasteiger partial charge in [0.1, 0.15) is 0 Å².